The number of unbranched alkanes of at least 4 members (excludes halogenated alkanes) is 1. The number of thiophene rings is 1. The van der Waals surface area contributed by atoms with Gasteiger partial charge in [-0.3, -0.25) is 4.79 Å². The first-order valence-corrected chi connectivity index (χ1v) is 11.9. The normalized spacial score (nSPS) is 16.4. The summed E-state index contributed by atoms with van der Waals surface area (Å²) in [5.41, 5.74) is 3.31. The summed E-state index contributed by atoms with van der Waals surface area (Å²) in [5.74, 6) is 0.0542. The zero-order chi connectivity index (χ0) is 19.3. The summed E-state index contributed by atoms with van der Waals surface area (Å²) in [5, 5.41) is 4.23. The van der Waals surface area contributed by atoms with Crippen molar-refractivity contribution in [3.05, 3.63) is 51.3 Å². The lowest BCUT2D eigenvalue weighted by Crippen LogP contribution is -2.39. The summed E-state index contributed by atoms with van der Waals surface area (Å²) in [4.78, 5) is 21.8. The van der Waals surface area contributed by atoms with Gasteiger partial charge in [-0.05, 0) is 62.7 Å². The molecule has 1 aromatic carbocycles. The molecule has 1 N–H and O–H groups in total. The lowest BCUT2D eigenvalue weighted by Gasteiger charge is -2.33. The minimum atomic E-state index is 0.0542. The number of rotatable bonds is 8. The van der Waals surface area contributed by atoms with Crippen LogP contribution in [0, 0.1) is 0 Å². The van der Waals surface area contributed by atoms with Crippen molar-refractivity contribution < 1.29 is 4.79 Å². The fourth-order valence-electron chi connectivity index (χ4n) is 4.02. The quantitative estimate of drug-likeness (QED) is 0.542. The molecule has 4 rings (SSSR count). The molecule has 1 unspecified atom stereocenters. The van der Waals surface area contributed by atoms with Gasteiger partial charge in [0.25, 0.3) is 5.91 Å². The first kappa shape index (κ1) is 19.6. The van der Waals surface area contributed by atoms with E-state index in [0.717, 1.165) is 55.6 Å². The molecule has 148 valence electrons. The Labute approximate surface area is 174 Å². The van der Waals surface area contributed by atoms with Crippen LogP contribution in [0.4, 0.5) is 0 Å². The van der Waals surface area contributed by atoms with Gasteiger partial charge < -0.3 is 10.2 Å². The van der Waals surface area contributed by atoms with Crippen molar-refractivity contribution in [3.63, 3.8) is 0 Å². The van der Waals surface area contributed by atoms with E-state index < -0.39 is 0 Å². The van der Waals surface area contributed by atoms with E-state index in [-0.39, 0.29) is 5.91 Å². The summed E-state index contributed by atoms with van der Waals surface area (Å²) in [7, 11) is 0. The summed E-state index contributed by atoms with van der Waals surface area (Å²) >= 11 is 3.37. The molecule has 0 radical (unpaired) electrons. The molecule has 1 amide bonds. The van der Waals surface area contributed by atoms with Crippen LogP contribution in [0.25, 0.3) is 10.1 Å². The largest absolute Gasteiger partial charge is 0.351 e. The average molecular weight is 414 g/mol. The standard InChI is InChI=1S/C22H27N3OS2/c1-2-25(17-9-10-18-20(14-17)27-15-24-18)12-6-5-11-23-22(26)21-13-16-7-3-4-8-19(16)28-21/h3-4,7-8,13,15,17H,2,5-6,9-12,14H2,1H3,(H,23,26). The second kappa shape index (κ2) is 9.16. The fraction of sp³-hybridized carbons (Fsp3) is 0.455. The Balaban J connectivity index is 1.20. The van der Waals surface area contributed by atoms with Crippen LogP contribution >= 0.6 is 22.7 Å². The minimum absolute atomic E-state index is 0.0542. The van der Waals surface area contributed by atoms with E-state index in [4.69, 9.17) is 0 Å². The van der Waals surface area contributed by atoms with Crippen LogP contribution in [-0.4, -0.2) is 41.5 Å². The van der Waals surface area contributed by atoms with E-state index >= 15 is 0 Å². The molecule has 0 spiro atoms. The van der Waals surface area contributed by atoms with Gasteiger partial charge in [-0.25, -0.2) is 4.98 Å². The smallest absolute Gasteiger partial charge is 0.261 e. The molecule has 0 aliphatic heterocycles. The SMILES string of the molecule is CCN(CCCCNC(=O)c1cc2ccccc2s1)C1CCc2ncsc2C1. The highest BCUT2D eigenvalue weighted by Gasteiger charge is 2.24. The van der Waals surface area contributed by atoms with Crippen molar-refractivity contribution in [2.24, 2.45) is 0 Å². The van der Waals surface area contributed by atoms with Crippen molar-refractivity contribution in [3.8, 4) is 0 Å². The highest BCUT2D eigenvalue weighted by Crippen LogP contribution is 2.27. The molecular weight excluding hydrogens is 386 g/mol. The summed E-state index contributed by atoms with van der Waals surface area (Å²) in [6, 6.07) is 10.8. The number of hydrogen-bond acceptors (Lipinski definition) is 5. The average Bonchev–Trinajstić information content (AvgIpc) is 3.36. The molecule has 4 nitrogen and oxygen atoms in total. The third kappa shape index (κ3) is 4.45. The maximum Gasteiger partial charge on any atom is 0.261 e. The van der Waals surface area contributed by atoms with Crippen molar-refractivity contribution >= 4 is 38.7 Å². The van der Waals surface area contributed by atoms with Crippen molar-refractivity contribution in [1.82, 2.24) is 15.2 Å². The molecule has 1 aliphatic carbocycles. The van der Waals surface area contributed by atoms with Gasteiger partial charge in [-0.1, -0.05) is 25.1 Å². The van der Waals surface area contributed by atoms with Gasteiger partial charge in [0.1, 0.15) is 0 Å². The van der Waals surface area contributed by atoms with Gasteiger partial charge in [0.15, 0.2) is 0 Å². The van der Waals surface area contributed by atoms with Gasteiger partial charge in [-0.15, -0.1) is 22.7 Å². The Morgan fingerprint density at radius 2 is 2.21 bits per heavy atom. The first-order valence-electron chi connectivity index (χ1n) is 10.2. The van der Waals surface area contributed by atoms with Crippen molar-refractivity contribution in [2.75, 3.05) is 19.6 Å². The molecule has 2 aromatic heterocycles. The third-order valence-corrected chi connectivity index (χ3v) is 7.60. The van der Waals surface area contributed by atoms with E-state index in [0.29, 0.717) is 6.04 Å². The number of aromatic nitrogens is 1. The van der Waals surface area contributed by atoms with E-state index in [9.17, 15) is 4.79 Å². The first-order chi connectivity index (χ1) is 13.7. The Bertz CT molecular complexity index is 900. The van der Waals surface area contributed by atoms with Crippen LogP contribution in [0.15, 0.2) is 35.8 Å². The molecule has 0 saturated carbocycles. The number of thiazole rings is 1. The summed E-state index contributed by atoms with van der Waals surface area (Å²) in [6.07, 6.45) is 5.62. The minimum Gasteiger partial charge on any atom is -0.351 e. The van der Waals surface area contributed by atoms with Gasteiger partial charge in [0.2, 0.25) is 0 Å². The highest BCUT2D eigenvalue weighted by atomic mass is 32.1. The molecule has 1 aliphatic rings. The fourth-order valence-corrected chi connectivity index (χ4v) is 5.88. The van der Waals surface area contributed by atoms with Gasteiger partial charge >= 0.3 is 0 Å². The third-order valence-electron chi connectivity index (χ3n) is 5.59. The molecule has 0 bridgehead atoms. The van der Waals surface area contributed by atoms with E-state index in [1.54, 1.807) is 11.3 Å². The number of nitrogens with one attached hydrogen (secondary N) is 1. The van der Waals surface area contributed by atoms with Crippen LogP contribution in [0.2, 0.25) is 0 Å². The lowest BCUT2D eigenvalue weighted by molar-refractivity contribution is 0.0956. The Hall–Kier alpha value is -1.76. The number of fused-ring (bicyclic) bond motifs is 2. The van der Waals surface area contributed by atoms with Crippen LogP contribution in [0.3, 0.4) is 0 Å². The number of carbonyl (C=O) groups excluding carboxylic acids is 1. The van der Waals surface area contributed by atoms with E-state index in [1.165, 1.54) is 21.7 Å². The predicted molar refractivity (Wildman–Crippen MR) is 119 cm³/mol. The summed E-state index contributed by atoms with van der Waals surface area (Å²) in [6.45, 7) is 5.20. The molecule has 28 heavy (non-hydrogen) atoms. The van der Waals surface area contributed by atoms with Gasteiger partial charge in [0.05, 0.1) is 16.1 Å². The van der Waals surface area contributed by atoms with Crippen molar-refractivity contribution in [1.29, 1.82) is 0 Å². The number of aryl methyl sites for hydroxylation is 1. The van der Waals surface area contributed by atoms with Crippen LogP contribution in [-0.2, 0) is 12.8 Å². The predicted octanol–water partition coefficient (Wildman–Crippen LogP) is 4.75. The molecular formula is C22H27N3OS2. The van der Waals surface area contributed by atoms with Gasteiger partial charge in [0, 0.05) is 22.2 Å². The number of hydrogen-bond donors (Lipinski definition) is 1. The van der Waals surface area contributed by atoms with E-state index in [2.05, 4.69) is 34.3 Å². The number of benzene rings is 1. The maximum atomic E-state index is 12.4. The number of amides is 1. The molecule has 0 saturated heterocycles. The molecule has 2 heterocycles. The van der Waals surface area contributed by atoms with Crippen LogP contribution in [0.5, 0.6) is 0 Å². The van der Waals surface area contributed by atoms with Crippen LogP contribution in [0.1, 0.15) is 46.4 Å². The molecule has 6 heteroatoms. The summed E-state index contributed by atoms with van der Waals surface area (Å²) < 4.78 is 1.17. The maximum absolute atomic E-state index is 12.4. The van der Waals surface area contributed by atoms with Crippen LogP contribution < -0.4 is 5.32 Å². The molecule has 1 atom stereocenters. The van der Waals surface area contributed by atoms with Gasteiger partial charge in [-0.2, -0.15) is 0 Å². The van der Waals surface area contributed by atoms with E-state index in [1.807, 2.05) is 35.0 Å². The Kier molecular flexibility index (Phi) is 6.40. The Morgan fingerprint density at radius 3 is 3.07 bits per heavy atom. The second-order valence-corrected chi connectivity index (χ2v) is 9.38. The lowest BCUT2D eigenvalue weighted by atomic mass is 9.96. The number of carbonyl (C=O) groups is 1. The zero-order valence-electron chi connectivity index (χ0n) is 16.3. The topological polar surface area (TPSA) is 45.2 Å². The second-order valence-electron chi connectivity index (χ2n) is 7.36. The number of likely N-dealkylation sites (N-methyl/N-ethyl adjacent to an activating group) is 1. The monoisotopic (exact) mass is 413 g/mol. The molecule has 3 aromatic rings. The highest BCUT2D eigenvalue weighted by molar-refractivity contribution is 7.20. The Morgan fingerprint density at radius 1 is 1.32 bits per heavy atom. The molecule has 0 fully saturated rings. The number of nitrogens with zero attached hydrogens (tertiary/aromatic N) is 2. The zero-order valence-corrected chi connectivity index (χ0v) is 18.0. The van der Waals surface area contributed by atoms with Crippen molar-refractivity contribution in [2.45, 2.75) is 45.1 Å².